The lowest BCUT2D eigenvalue weighted by molar-refractivity contribution is 0.214. The molecule has 0 radical (unpaired) electrons. The van der Waals surface area contributed by atoms with Crippen LogP contribution in [0.3, 0.4) is 0 Å². The molecule has 0 bridgehead atoms. The van der Waals surface area contributed by atoms with E-state index < -0.39 is 0 Å². The predicted octanol–water partition coefficient (Wildman–Crippen LogP) is 3.16. The van der Waals surface area contributed by atoms with Gasteiger partial charge in [-0.3, -0.25) is 4.99 Å². The van der Waals surface area contributed by atoms with Gasteiger partial charge in [0.25, 0.3) is 0 Å². The first-order valence-electron chi connectivity index (χ1n) is 8.95. The lowest BCUT2D eigenvalue weighted by Crippen LogP contribution is -2.41. The van der Waals surface area contributed by atoms with Crippen molar-refractivity contribution >= 4 is 29.9 Å². The zero-order chi connectivity index (χ0) is 19.8. The number of nitrogens with one attached hydrogen (secondary N) is 2. The molecule has 0 saturated heterocycles. The first kappa shape index (κ1) is 22.6. The third-order valence-electron chi connectivity index (χ3n) is 4.02. The van der Waals surface area contributed by atoms with Crippen LogP contribution in [-0.2, 0) is 6.54 Å². The molecule has 1 unspecified atom stereocenters. The molecule has 2 aromatic carbocycles. The fourth-order valence-corrected chi connectivity index (χ4v) is 2.55. The molecule has 1 atom stereocenters. The van der Waals surface area contributed by atoms with Gasteiger partial charge in [-0.05, 0) is 36.8 Å². The number of aliphatic imine (C=N–C) groups is 1. The molecule has 0 aliphatic heterocycles. The maximum Gasteiger partial charge on any atom is 0.191 e. The highest BCUT2D eigenvalue weighted by Gasteiger charge is 2.09. The Balaban J connectivity index is 0.00000300. The summed E-state index contributed by atoms with van der Waals surface area (Å²) in [4.78, 5) is 8.14. The van der Waals surface area contributed by atoms with Crippen LogP contribution in [0.2, 0.25) is 0 Å². The third-order valence-corrected chi connectivity index (χ3v) is 4.02. The number of ether oxygens (including phenoxy) is 1. The van der Waals surface area contributed by atoms with Crippen molar-refractivity contribution in [1.29, 1.82) is 0 Å². The Morgan fingerprint density at radius 2 is 1.93 bits per heavy atom. The Bertz CT molecular complexity index is 902. The van der Waals surface area contributed by atoms with Gasteiger partial charge in [-0.2, -0.15) is 5.10 Å². The Hall–Kier alpha value is -2.69. The SMILES string of the molecule is CN=C(NCc1ccc(-n2cncn2)cc1)NCC(C)Oc1ccccc1F.I. The summed E-state index contributed by atoms with van der Waals surface area (Å²) in [7, 11) is 1.70. The van der Waals surface area contributed by atoms with Crippen LogP contribution < -0.4 is 15.4 Å². The fourth-order valence-electron chi connectivity index (χ4n) is 2.55. The van der Waals surface area contributed by atoms with Gasteiger partial charge in [0.05, 0.1) is 12.2 Å². The molecule has 3 rings (SSSR count). The van der Waals surface area contributed by atoms with Crippen LogP contribution in [0, 0.1) is 5.82 Å². The first-order chi connectivity index (χ1) is 13.7. The van der Waals surface area contributed by atoms with Crippen LogP contribution in [0.4, 0.5) is 4.39 Å². The van der Waals surface area contributed by atoms with Gasteiger partial charge in [0.15, 0.2) is 17.5 Å². The number of halogens is 2. The standard InChI is InChI=1S/C20H23FN6O.HI/c1-15(28-19-6-4-3-5-18(19)21)11-24-20(22-2)25-12-16-7-9-17(10-8-16)27-14-23-13-26-27;/h3-10,13-15H,11-12H2,1-2H3,(H2,22,24,25);1H. The molecule has 29 heavy (non-hydrogen) atoms. The number of rotatable bonds is 7. The largest absolute Gasteiger partial charge is 0.486 e. The van der Waals surface area contributed by atoms with E-state index in [9.17, 15) is 4.39 Å². The molecule has 0 spiro atoms. The summed E-state index contributed by atoms with van der Waals surface area (Å²) in [6.07, 6.45) is 2.93. The monoisotopic (exact) mass is 510 g/mol. The van der Waals surface area contributed by atoms with E-state index in [2.05, 4.69) is 25.7 Å². The third kappa shape index (κ3) is 6.70. The van der Waals surface area contributed by atoms with Gasteiger partial charge < -0.3 is 15.4 Å². The van der Waals surface area contributed by atoms with E-state index in [1.54, 1.807) is 36.3 Å². The first-order valence-corrected chi connectivity index (χ1v) is 8.95. The van der Waals surface area contributed by atoms with Crippen LogP contribution in [0.25, 0.3) is 5.69 Å². The number of para-hydroxylation sites is 1. The summed E-state index contributed by atoms with van der Waals surface area (Å²) in [6, 6.07) is 14.4. The maximum absolute atomic E-state index is 13.7. The van der Waals surface area contributed by atoms with Crippen LogP contribution in [-0.4, -0.2) is 40.4 Å². The zero-order valence-corrected chi connectivity index (χ0v) is 18.6. The number of benzene rings is 2. The molecular weight excluding hydrogens is 486 g/mol. The minimum Gasteiger partial charge on any atom is -0.486 e. The highest BCUT2D eigenvalue weighted by molar-refractivity contribution is 14.0. The van der Waals surface area contributed by atoms with E-state index in [1.807, 2.05) is 31.2 Å². The average molecular weight is 510 g/mol. The molecule has 9 heteroatoms. The van der Waals surface area contributed by atoms with Gasteiger partial charge in [0, 0.05) is 13.6 Å². The molecular formula is C20H24FIN6O. The Morgan fingerprint density at radius 3 is 2.59 bits per heavy atom. The van der Waals surface area contributed by atoms with E-state index in [-0.39, 0.29) is 41.6 Å². The van der Waals surface area contributed by atoms with Gasteiger partial charge >= 0.3 is 0 Å². The van der Waals surface area contributed by atoms with Crippen molar-refractivity contribution in [1.82, 2.24) is 25.4 Å². The second-order valence-corrected chi connectivity index (χ2v) is 6.17. The van der Waals surface area contributed by atoms with Crippen molar-refractivity contribution in [2.75, 3.05) is 13.6 Å². The van der Waals surface area contributed by atoms with E-state index in [4.69, 9.17) is 4.74 Å². The number of hydrogen-bond donors (Lipinski definition) is 2. The minimum absolute atomic E-state index is 0. The van der Waals surface area contributed by atoms with E-state index in [1.165, 1.54) is 12.4 Å². The summed E-state index contributed by atoms with van der Waals surface area (Å²) >= 11 is 0. The number of hydrogen-bond acceptors (Lipinski definition) is 4. The van der Waals surface area contributed by atoms with Crippen LogP contribution in [0.5, 0.6) is 5.75 Å². The van der Waals surface area contributed by atoms with Crippen molar-refractivity contribution in [2.24, 2.45) is 4.99 Å². The smallest absolute Gasteiger partial charge is 0.191 e. The normalized spacial score (nSPS) is 12.0. The van der Waals surface area contributed by atoms with Crippen LogP contribution in [0.1, 0.15) is 12.5 Å². The second kappa shape index (κ2) is 11.3. The number of guanidine groups is 1. The fraction of sp³-hybridized carbons (Fsp3) is 0.250. The molecule has 0 aliphatic rings. The predicted molar refractivity (Wildman–Crippen MR) is 121 cm³/mol. The second-order valence-electron chi connectivity index (χ2n) is 6.17. The lowest BCUT2D eigenvalue weighted by atomic mass is 10.2. The van der Waals surface area contributed by atoms with Gasteiger partial charge in [-0.15, -0.1) is 24.0 Å². The molecule has 0 saturated carbocycles. The molecule has 154 valence electrons. The molecule has 0 fully saturated rings. The quantitative estimate of drug-likeness (QED) is 0.290. The Morgan fingerprint density at radius 1 is 1.17 bits per heavy atom. The highest BCUT2D eigenvalue weighted by Crippen LogP contribution is 2.16. The lowest BCUT2D eigenvalue weighted by Gasteiger charge is -2.18. The average Bonchev–Trinajstić information content (AvgIpc) is 3.25. The van der Waals surface area contributed by atoms with E-state index in [0.717, 1.165) is 11.3 Å². The van der Waals surface area contributed by atoms with Crippen molar-refractivity contribution in [2.45, 2.75) is 19.6 Å². The van der Waals surface area contributed by atoms with Gasteiger partial charge in [0.1, 0.15) is 18.8 Å². The molecule has 0 amide bonds. The summed E-state index contributed by atoms with van der Waals surface area (Å²) in [5.74, 6) is 0.516. The number of nitrogens with zero attached hydrogens (tertiary/aromatic N) is 4. The topological polar surface area (TPSA) is 76.4 Å². The molecule has 1 aromatic heterocycles. The molecule has 3 aromatic rings. The van der Waals surface area contributed by atoms with Crippen molar-refractivity contribution in [3.8, 4) is 11.4 Å². The van der Waals surface area contributed by atoms with Crippen molar-refractivity contribution in [3.05, 3.63) is 72.6 Å². The zero-order valence-electron chi connectivity index (χ0n) is 16.2. The molecule has 7 nitrogen and oxygen atoms in total. The summed E-state index contributed by atoms with van der Waals surface area (Å²) in [5.41, 5.74) is 2.05. The summed E-state index contributed by atoms with van der Waals surface area (Å²) in [5, 5.41) is 10.5. The summed E-state index contributed by atoms with van der Waals surface area (Å²) in [6.45, 7) is 2.97. The van der Waals surface area contributed by atoms with Gasteiger partial charge in [-0.1, -0.05) is 24.3 Å². The number of aromatic nitrogens is 3. The molecule has 2 N–H and O–H groups in total. The van der Waals surface area contributed by atoms with Crippen LogP contribution >= 0.6 is 24.0 Å². The summed E-state index contributed by atoms with van der Waals surface area (Å²) < 4.78 is 21.0. The van der Waals surface area contributed by atoms with Gasteiger partial charge in [-0.25, -0.2) is 14.1 Å². The van der Waals surface area contributed by atoms with E-state index in [0.29, 0.717) is 19.0 Å². The maximum atomic E-state index is 13.7. The van der Waals surface area contributed by atoms with Crippen molar-refractivity contribution < 1.29 is 9.13 Å². The van der Waals surface area contributed by atoms with Gasteiger partial charge in [0.2, 0.25) is 0 Å². The minimum atomic E-state index is -0.369. The molecule has 0 aliphatic carbocycles. The molecule has 1 heterocycles. The van der Waals surface area contributed by atoms with E-state index >= 15 is 0 Å². The van der Waals surface area contributed by atoms with Crippen LogP contribution in [0.15, 0.2) is 66.2 Å². The Kier molecular flexibility index (Phi) is 8.84. The van der Waals surface area contributed by atoms with Crippen molar-refractivity contribution in [3.63, 3.8) is 0 Å². The highest BCUT2D eigenvalue weighted by atomic mass is 127. The Labute approximate surface area is 186 Å².